The SMILES string of the molecule is CCOC(=O)c1ccc2c(C(=Nc3ccc(N(CCN(C)C)C(=O)c4cccnc4)cc3)c3ccccc3)c(O)[nH]c2c1. The van der Waals surface area contributed by atoms with Crippen LogP contribution in [-0.4, -0.2) is 71.4 Å². The number of pyridine rings is 1. The lowest BCUT2D eigenvalue weighted by molar-refractivity contribution is 0.0526. The van der Waals surface area contributed by atoms with Gasteiger partial charge < -0.3 is 24.6 Å². The molecule has 0 fully saturated rings. The van der Waals surface area contributed by atoms with Crippen LogP contribution < -0.4 is 4.90 Å². The molecule has 9 nitrogen and oxygen atoms in total. The normalized spacial score (nSPS) is 11.6. The summed E-state index contributed by atoms with van der Waals surface area (Å²) in [6, 6.07) is 25.6. The summed E-state index contributed by atoms with van der Waals surface area (Å²) in [5.74, 6) is -0.632. The first-order valence-corrected chi connectivity index (χ1v) is 14.0. The summed E-state index contributed by atoms with van der Waals surface area (Å²) in [4.78, 5) is 41.5. The molecule has 0 aliphatic heterocycles. The number of fused-ring (bicyclic) bond motifs is 1. The highest BCUT2D eigenvalue weighted by Crippen LogP contribution is 2.33. The predicted molar refractivity (Wildman–Crippen MR) is 169 cm³/mol. The van der Waals surface area contributed by atoms with Gasteiger partial charge in [-0.3, -0.25) is 9.78 Å². The number of aliphatic imine (C=N–C) groups is 1. The van der Waals surface area contributed by atoms with Crippen LogP contribution in [0.25, 0.3) is 10.9 Å². The second-order valence-electron chi connectivity index (χ2n) is 10.2. The highest BCUT2D eigenvalue weighted by atomic mass is 16.5. The van der Waals surface area contributed by atoms with Crippen LogP contribution >= 0.6 is 0 Å². The van der Waals surface area contributed by atoms with E-state index < -0.39 is 5.97 Å². The van der Waals surface area contributed by atoms with E-state index in [4.69, 9.17) is 9.73 Å². The standard InChI is InChI=1S/C34H33N5O4/c1-4-43-34(42)24-12-17-28-29(21-24)37-32(40)30(28)31(23-9-6-5-7-10-23)36-26-13-15-27(16-14-26)39(20-19-38(2)3)33(41)25-11-8-18-35-22-25/h5-18,21-22,37,40H,4,19-20H2,1-3H3. The number of amides is 1. The summed E-state index contributed by atoms with van der Waals surface area (Å²) in [6.45, 7) is 3.20. The lowest BCUT2D eigenvalue weighted by Gasteiger charge is -2.24. The van der Waals surface area contributed by atoms with E-state index >= 15 is 0 Å². The average molecular weight is 576 g/mol. The van der Waals surface area contributed by atoms with Crippen molar-refractivity contribution in [3.8, 4) is 5.88 Å². The Kier molecular flexibility index (Phi) is 8.93. The molecule has 0 radical (unpaired) electrons. The third-order valence-electron chi connectivity index (χ3n) is 6.90. The van der Waals surface area contributed by atoms with E-state index in [-0.39, 0.29) is 18.4 Å². The molecule has 3 aromatic carbocycles. The van der Waals surface area contributed by atoms with Crippen LogP contribution in [0.1, 0.15) is 38.8 Å². The molecule has 5 rings (SSSR count). The third-order valence-corrected chi connectivity index (χ3v) is 6.90. The maximum Gasteiger partial charge on any atom is 0.338 e. The van der Waals surface area contributed by atoms with Gasteiger partial charge in [0.2, 0.25) is 0 Å². The van der Waals surface area contributed by atoms with Crippen LogP contribution in [0.15, 0.2) is 102 Å². The molecule has 43 heavy (non-hydrogen) atoms. The number of benzene rings is 3. The summed E-state index contributed by atoms with van der Waals surface area (Å²) < 4.78 is 5.13. The van der Waals surface area contributed by atoms with Gasteiger partial charge in [-0.15, -0.1) is 0 Å². The van der Waals surface area contributed by atoms with Crippen molar-refractivity contribution >= 4 is 39.9 Å². The Bertz CT molecular complexity index is 1750. The summed E-state index contributed by atoms with van der Waals surface area (Å²) in [7, 11) is 3.93. The van der Waals surface area contributed by atoms with Gasteiger partial charge in [0.1, 0.15) is 0 Å². The fraction of sp³-hybridized carbons (Fsp3) is 0.176. The third kappa shape index (κ3) is 6.63. The molecular formula is C34H33N5O4. The molecule has 2 aromatic heterocycles. The van der Waals surface area contributed by atoms with Crippen molar-refractivity contribution in [1.29, 1.82) is 0 Å². The van der Waals surface area contributed by atoms with Crippen molar-refractivity contribution in [2.45, 2.75) is 6.92 Å². The number of aromatic nitrogens is 2. The lowest BCUT2D eigenvalue weighted by Crippen LogP contribution is -2.36. The Labute approximate surface area is 250 Å². The van der Waals surface area contributed by atoms with Crippen molar-refractivity contribution < 1.29 is 19.4 Å². The van der Waals surface area contributed by atoms with Gasteiger partial charge >= 0.3 is 5.97 Å². The number of hydrogen-bond donors (Lipinski definition) is 2. The van der Waals surface area contributed by atoms with Crippen molar-refractivity contribution in [2.24, 2.45) is 4.99 Å². The molecule has 0 unspecified atom stereocenters. The zero-order chi connectivity index (χ0) is 30.3. The number of anilines is 1. The zero-order valence-electron chi connectivity index (χ0n) is 24.3. The van der Waals surface area contributed by atoms with E-state index in [0.717, 1.165) is 11.3 Å². The minimum absolute atomic E-state index is 0.0628. The first-order valence-electron chi connectivity index (χ1n) is 14.0. The first-order chi connectivity index (χ1) is 20.9. The number of ether oxygens (including phenoxy) is 1. The number of hydrogen-bond acceptors (Lipinski definition) is 7. The topological polar surface area (TPSA) is 111 Å². The quantitative estimate of drug-likeness (QED) is 0.160. The molecule has 0 saturated heterocycles. The summed E-state index contributed by atoms with van der Waals surface area (Å²) in [5, 5.41) is 11.8. The van der Waals surface area contributed by atoms with Gasteiger partial charge in [0.25, 0.3) is 5.91 Å². The smallest absolute Gasteiger partial charge is 0.338 e. The molecule has 2 heterocycles. The number of carbonyl (C=O) groups excluding carboxylic acids is 2. The molecule has 218 valence electrons. The number of nitrogens with one attached hydrogen (secondary N) is 1. The predicted octanol–water partition coefficient (Wildman–Crippen LogP) is 5.82. The van der Waals surface area contributed by atoms with Crippen LogP contribution in [0.2, 0.25) is 0 Å². The molecule has 0 atom stereocenters. The van der Waals surface area contributed by atoms with E-state index in [1.54, 1.807) is 54.5 Å². The number of esters is 1. The second-order valence-corrected chi connectivity index (χ2v) is 10.2. The number of aromatic amines is 1. The Morgan fingerprint density at radius 2 is 1.65 bits per heavy atom. The van der Waals surface area contributed by atoms with Gasteiger partial charge in [-0.05, 0) is 69.6 Å². The van der Waals surface area contributed by atoms with E-state index in [1.165, 1.54) is 0 Å². The molecule has 2 N–H and O–H groups in total. The maximum atomic E-state index is 13.4. The van der Waals surface area contributed by atoms with Crippen LogP contribution in [0.3, 0.4) is 0 Å². The number of nitrogens with zero attached hydrogens (tertiary/aromatic N) is 4. The van der Waals surface area contributed by atoms with Crippen LogP contribution in [0.4, 0.5) is 11.4 Å². The molecule has 0 spiro atoms. The monoisotopic (exact) mass is 575 g/mol. The number of carbonyl (C=O) groups is 2. The van der Waals surface area contributed by atoms with E-state index in [0.29, 0.717) is 52.1 Å². The zero-order valence-corrected chi connectivity index (χ0v) is 24.3. The Hall–Kier alpha value is -5.28. The number of rotatable bonds is 10. The van der Waals surface area contributed by atoms with Crippen LogP contribution in [-0.2, 0) is 4.74 Å². The minimum atomic E-state index is -0.432. The van der Waals surface area contributed by atoms with Gasteiger partial charge in [0.05, 0.1) is 34.7 Å². The molecule has 0 bridgehead atoms. The van der Waals surface area contributed by atoms with E-state index in [9.17, 15) is 14.7 Å². The number of H-pyrrole nitrogens is 1. The van der Waals surface area contributed by atoms with Gasteiger partial charge in [-0.2, -0.15) is 0 Å². The Morgan fingerprint density at radius 3 is 2.33 bits per heavy atom. The van der Waals surface area contributed by atoms with Crippen LogP contribution in [0, 0.1) is 0 Å². The van der Waals surface area contributed by atoms with Crippen LogP contribution in [0.5, 0.6) is 5.88 Å². The van der Waals surface area contributed by atoms with Crippen molar-refractivity contribution in [2.75, 3.05) is 38.7 Å². The number of likely N-dealkylation sites (N-methyl/N-ethyl adjacent to an activating group) is 1. The van der Waals surface area contributed by atoms with Gasteiger partial charge in [0, 0.05) is 47.6 Å². The second kappa shape index (κ2) is 13.1. The average Bonchev–Trinajstić information content (AvgIpc) is 3.36. The summed E-state index contributed by atoms with van der Waals surface area (Å²) >= 11 is 0. The lowest BCUT2D eigenvalue weighted by atomic mass is 10.00. The fourth-order valence-electron chi connectivity index (χ4n) is 4.75. The van der Waals surface area contributed by atoms with Gasteiger partial charge in [-0.25, -0.2) is 9.79 Å². The molecule has 9 heteroatoms. The maximum absolute atomic E-state index is 13.4. The molecule has 0 saturated carbocycles. The van der Waals surface area contributed by atoms with Crippen molar-refractivity contribution in [3.63, 3.8) is 0 Å². The van der Waals surface area contributed by atoms with Gasteiger partial charge in [0.15, 0.2) is 5.88 Å². The van der Waals surface area contributed by atoms with Crippen molar-refractivity contribution in [3.05, 3.63) is 120 Å². The highest BCUT2D eigenvalue weighted by Gasteiger charge is 2.21. The summed E-state index contributed by atoms with van der Waals surface area (Å²) in [5.41, 5.74) is 4.72. The largest absolute Gasteiger partial charge is 0.494 e. The molecule has 1 amide bonds. The Balaban J connectivity index is 1.54. The fourth-order valence-corrected chi connectivity index (χ4v) is 4.75. The molecular weight excluding hydrogens is 542 g/mol. The van der Waals surface area contributed by atoms with Crippen molar-refractivity contribution in [1.82, 2.24) is 14.9 Å². The van der Waals surface area contributed by atoms with Gasteiger partial charge in [-0.1, -0.05) is 36.4 Å². The minimum Gasteiger partial charge on any atom is -0.494 e. The molecule has 5 aromatic rings. The first kappa shape index (κ1) is 29.2. The molecule has 0 aliphatic carbocycles. The van der Waals surface area contributed by atoms with E-state index in [2.05, 4.69) is 9.97 Å². The van der Waals surface area contributed by atoms with E-state index in [1.807, 2.05) is 73.6 Å². The number of aromatic hydroxyl groups is 1. The summed E-state index contributed by atoms with van der Waals surface area (Å²) in [6.07, 6.45) is 3.21. The Morgan fingerprint density at radius 1 is 0.907 bits per heavy atom. The highest BCUT2D eigenvalue weighted by molar-refractivity contribution is 6.22. The molecule has 0 aliphatic rings.